The standard InChI is InChI=1S/C9H13ClN2O/c1-7(2)12-9(4-3-5-13)8(10)6-11-12/h5-7H,3-4H2,1-2H3. The first-order chi connectivity index (χ1) is 6.16. The van der Waals surface area contributed by atoms with Crippen molar-refractivity contribution >= 4 is 17.9 Å². The summed E-state index contributed by atoms with van der Waals surface area (Å²) in [6.07, 6.45) is 3.69. The maximum absolute atomic E-state index is 10.2. The third kappa shape index (κ3) is 2.31. The van der Waals surface area contributed by atoms with Gasteiger partial charge in [0.2, 0.25) is 0 Å². The van der Waals surface area contributed by atoms with Crippen LogP contribution in [0.4, 0.5) is 0 Å². The molecule has 0 amide bonds. The van der Waals surface area contributed by atoms with E-state index in [0.717, 1.165) is 12.0 Å². The van der Waals surface area contributed by atoms with E-state index in [1.807, 2.05) is 18.5 Å². The summed E-state index contributed by atoms with van der Waals surface area (Å²) in [5, 5.41) is 4.79. The van der Waals surface area contributed by atoms with Crippen LogP contribution in [-0.2, 0) is 11.2 Å². The van der Waals surface area contributed by atoms with Gasteiger partial charge in [0.1, 0.15) is 6.29 Å². The third-order valence-corrected chi connectivity index (χ3v) is 2.15. The highest BCUT2D eigenvalue weighted by atomic mass is 35.5. The van der Waals surface area contributed by atoms with Crippen molar-refractivity contribution in [1.29, 1.82) is 0 Å². The molecule has 1 aromatic heterocycles. The highest BCUT2D eigenvalue weighted by molar-refractivity contribution is 6.31. The summed E-state index contributed by atoms with van der Waals surface area (Å²) in [7, 11) is 0. The molecule has 13 heavy (non-hydrogen) atoms. The van der Waals surface area contributed by atoms with E-state index in [4.69, 9.17) is 11.6 Å². The summed E-state index contributed by atoms with van der Waals surface area (Å²) in [5.74, 6) is 0. The summed E-state index contributed by atoms with van der Waals surface area (Å²) in [4.78, 5) is 10.2. The Kier molecular flexibility index (Phi) is 3.48. The minimum Gasteiger partial charge on any atom is -0.303 e. The van der Waals surface area contributed by atoms with Gasteiger partial charge in [-0.15, -0.1) is 0 Å². The number of carbonyl (C=O) groups excluding carboxylic acids is 1. The average molecular weight is 201 g/mol. The van der Waals surface area contributed by atoms with Crippen molar-refractivity contribution in [2.24, 2.45) is 0 Å². The molecule has 3 nitrogen and oxygen atoms in total. The number of hydrogen-bond acceptors (Lipinski definition) is 2. The van der Waals surface area contributed by atoms with Crippen molar-refractivity contribution in [2.45, 2.75) is 32.7 Å². The first-order valence-electron chi connectivity index (χ1n) is 4.32. The van der Waals surface area contributed by atoms with E-state index in [0.29, 0.717) is 17.9 Å². The molecule has 0 N–H and O–H groups in total. The first kappa shape index (κ1) is 10.3. The van der Waals surface area contributed by atoms with Crippen LogP contribution in [0.25, 0.3) is 0 Å². The van der Waals surface area contributed by atoms with Gasteiger partial charge >= 0.3 is 0 Å². The van der Waals surface area contributed by atoms with Crippen molar-refractivity contribution in [1.82, 2.24) is 9.78 Å². The van der Waals surface area contributed by atoms with Crippen molar-refractivity contribution in [3.8, 4) is 0 Å². The minimum absolute atomic E-state index is 0.286. The number of aldehydes is 1. The van der Waals surface area contributed by atoms with Gasteiger partial charge in [-0.1, -0.05) is 11.6 Å². The molecule has 0 aliphatic rings. The number of carbonyl (C=O) groups is 1. The predicted octanol–water partition coefficient (Wildman–Crippen LogP) is 2.25. The molecular formula is C9H13ClN2O. The molecule has 0 bridgehead atoms. The van der Waals surface area contributed by atoms with Gasteiger partial charge in [-0.05, 0) is 20.3 Å². The van der Waals surface area contributed by atoms with Gasteiger partial charge < -0.3 is 4.79 Å². The number of rotatable bonds is 4. The summed E-state index contributed by atoms with van der Waals surface area (Å²) in [5.41, 5.74) is 0.948. The topological polar surface area (TPSA) is 34.9 Å². The van der Waals surface area contributed by atoms with Crippen LogP contribution >= 0.6 is 11.6 Å². The molecule has 0 aliphatic carbocycles. The van der Waals surface area contributed by atoms with Crippen LogP contribution in [0, 0.1) is 0 Å². The monoisotopic (exact) mass is 200 g/mol. The van der Waals surface area contributed by atoms with E-state index in [1.54, 1.807) is 6.20 Å². The summed E-state index contributed by atoms with van der Waals surface area (Å²) in [6, 6.07) is 0.286. The number of aromatic nitrogens is 2. The van der Waals surface area contributed by atoms with Crippen LogP contribution in [0.15, 0.2) is 6.20 Å². The van der Waals surface area contributed by atoms with Gasteiger partial charge in [0.15, 0.2) is 0 Å². The van der Waals surface area contributed by atoms with Crippen molar-refractivity contribution in [2.75, 3.05) is 0 Å². The van der Waals surface area contributed by atoms with Crippen LogP contribution in [-0.4, -0.2) is 16.1 Å². The molecular weight excluding hydrogens is 188 g/mol. The number of halogens is 1. The molecule has 0 atom stereocenters. The molecule has 4 heteroatoms. The molecule has 1 aromatic rings. The van der Waals surface area contributed by atoms with Gasteiger partial charge in [0, 0.05) is 12.5 Å². The Labute approximate surface area is 82.7 Å². The van der Waals surface area contributed by atoms with Gasteiger partial charge in [-0.2, -0.15) is 5.10 Å². The molecule has 0 radical (unpaired) electrons. The Bertz CT molecular complexity index is 294. The zero-order valence-corrected chi connectivity index (χ0v) is 8.58. The van der Waals surface area contributed by atoms with E-state index >= 15 is 0 Å². The molecule has 0 saturated carbocycles. The van der Waals surface area contributed by atoms with E-state index in [1.165, 1.54) is 0 Å². The zero-order chi connectivity index (χ0) is 9.84. The van der Waals surface area contributed by atoms with Crippen molar-refractivity contribution in [3.63, 3.8) is 0 Å². The fourth-order valence-corrected chi connectivity index (χ4v) is 1.47. The molecule has 1 rings (SSSR count). The van der Waals surface area contributed by atoms with E-state index in [9.17, 15) is 4.79 Å². The van der Waals surface area contributed by atoms with Gasteiger partial charge in [-0.3, -0.25) is 4.68 Å². The van der Waals surface area contributed by atoms with Crippen LogP contribution in [0.2, 0.25) is 5.02 Å². The fourth-order valence-electron chi connectivity index (χ4n) is 1.24. The fraction of sp³-hybridized carbons (Fsp3) is 0.556. The normalized spacial score (nSPS) is 10.8. The lowest BCUT2D eigenvalue weighted by atomic mass is 10.2. The lowest BCUT2D eigenvalue weighted by molar-refractivity contribution is -0.107. The molecule has 1 heterocycles. The van der Waals surface area contributed by atoms with Crippen LogP contribution in [0.1, 0.15) is 32.0 Å². The second kappa shape index (κ2) is 4.42. The summed E-state index contributed by atoms with van der Waals surface area (Å²) < 4.78 is 1.85. The van der Waals surface area contributed by atoms with Gasteiger partial charge in [0.05, 0.1) is 16.9 Å². The van der Waals surface area contributed by atoms with Crippen LogP contribution in [0.5, 0.6) is 0 Å². The van der Waals surface area contributed by atoms with Crippen LogP contribution in [0.3, 0.4) is 0 Å². The van der Waals surface area contributed by atoms with Gasteiger partial charge in [-0.25, -0.2) is 0 Å². The first-order valence-corrected chi connectivity index (χ1v) is 4.70. The molecule has 0 aliphatic heterocycles. The molecule has 0 fully saturated rings. The second-order valence-corrected chi connectivity index (χ2v) is 3.59. The maximum Gasteiger partial charge on any atom is 0.120 e. The largest absolute Gasteiger partial charge is 0.303 e. The Hall–Kier alpha value is -0.830. The second-order valence-electron chi connectivity index (χ2n) is 3.18. The predicted molar refractivity (Wildman–Crippen MR) is 52.0 cm³/mol. The van der Waals surface area contributed by atoms with Crippen LogP contribution < -0.4 is 0 Å². The molecule has 0 unspecified atom stereocenters. The maximum atomic E-state index is 10.2. The van der Waals surface area contributed by atoms with Gasteiger partial charge in [0.25, 0.3) is 0 Å². The smallest absolute Gasteiger partial charge is 0.120 e. The molecule has 0 spiro atoms. The summed E-state index contributed by atoms with van der Waals surface area (Å²) >= 11 is 5.93. The van der Waals surface area contributed by atoms with E-state index < -0.39 is 0 Å². The number of hydrogen-bond donors (Lipinski definition) is 0. The lowest BCUT2D eigenvalue weighted by Crippen LogP contribution is -2.07. The molecule has 0 aromatic carbocycles. The zero-order valence-electron chi connectivity index (χ0n) is 7.83. The van der Waals surface area contributed by atoms with Crippen molar-refractivity contribution < 1.29 is 4.79 Å². The Balaban J connectivity index is 2.87. The highest BCUT2D eigenvalue weighted by Gasteiger charge is 2.10. The molecule has 72 valence electrons. The highest BCUT2D eigenvalue weighted by Crippen LogP contribution is 2.19. The Morgan fingerprint density at radius 1 is 1.69 bits per heavy atom. The summed E-state index contributed by atoms with van der Waals surface area (Å²) in [6.45, 7) is 4.07. The quantitative estimate of drug-likeness (QED) is 0.699. The van der Waals surface area contributed by atoms with Crippen molar-refractivity contribution in [3.05, 3.63) is 16.9 Å². The Morgan fingerprint density at radius 3 is 2.92 bits per heavy atom. The van der Waals surface area contributed by atoms with E-state index in [-0.39, 0.29) is 6.04 Å². The van der Waals surface area contributed by atoms with E-state index in [2.05, 4.69) is 5.10 Å². The third-order valence-electron chi connectivity index (χ3n) is 1.84. The minimum atomic E-state index is 0.286. The molecule has 0 saturated heterocycles. The number of nitrogens with zero attached hydrogens (tertiary/aromatic N) is 2. The Morgan fingerprint density at radius 2 is 2.38 bits per heavy atom. The lowest BCUT2D eigenvalue weighted by Gasteiger charge is -2.09. The SMILES string of the molecule is CC(C)n1ncc(Cl)c1CCC=O. The average Bonchev–Trinajstić information content (AvgIpc) is 2.43.